The maximum Gasteiger partial charge on any atom is 0.231 e. The second kappa shape index (κ2) is 9.08. The molecule has 2 aliphatic rings. The predicted octanol–water partition coefficient (Wildman–Crippen LogP) is 3.99. The van der Waals surface area contributed by atoms with Crippen LogP contribution in [0.4, 0.5) is 0 Å². The van der Waals surface area contributed by atoms with E-state index in [0.717, 1.165) is 17.5 Å². The minimum atomic E-state index is -0.778. The lowest BCUT2D eigenvalue weighted by Gasteiger charge is -2.20. The lowest BCUT2D eigenvalue weighted by Crippen LogP contribution is -2.09. The van der Waals surface area contributed by atoms with Crippen molar-refractivity contribution in [1.29, 1.82) is 0 Å². The number of aliphatic hydroxyl groups excluding tert-OH is 1. The second-order valence-electron chi connectivity index (χ2n) is 6.20. The van der Waals surface area contributed by atoms with E-state index >= 15 is 0 Å². The maximum atomic E-state index is 10.9. The third-order valence-corrected chi connectivity index (χ3v) is 4.48. The Morgan fingerprint density at radius 1 is 1.22 bits per heavy atom. The SMILES string of the molecule is C=Cc1cc(C2OCCO2)c(C(O)CC=C2OCOC2=CCC)cc1OC. The van der Waals surface area contributed by atoms with Gasteiger partial charge >= 0.3 is 0 Å². The summed E-state index contributed by atoms with van der Waals surface area (Å²) < 4.78 is 27.7. The minimum absolute atomic E-state index is 0.199. The quantitative estimate of drug-likeness (QED) is 0.778. The van der Waals surface area contributed by atoms with E-state index in [1.165, 1.54) is 0 Å². The fraction of sp³-hybridized carbons (Fsp3) is 0.429. The molecule has 1 aromatic carbocycles. The van der Waals surface area contributed by atoms with Gasteiger partial charge in [-0.15, -0.1) is 0 Å². The van der Waals surface area contributed by atoms with Crippen LogP contribution in [0, 0.1) is 0 Å². The van der Waals surface area contributed by atoms with Gasteiger partial charge in [-0.2, -0.15) is 0 Å². The normalized spacial score (nSPS) is 21.3. The van der Waals surface area contributed by atoms with Crippen LogP contribution in [0.15, 0.2) is 42.4 Å². The number of aliphatic hydroxyl groups is 1. The molecule has 1 aromatic rings. The Morgan fingerprint density at radius 3 is 2.56 bits per heavy atom. The molecular weight excluding hydrogens is 348 g/mol. The average Bonchev–Trinajstić information content (AvgIpc) is 3.37. The van der Waals surface area contributed by atoms with Crippen LogP contribution in [0.1, 0.15) is 48.8 Å². The van der Waals surface area contributed by atoms with Crippen molar-refractivity contribution < 1.29 is 28.8 Å². The minimum Gasteiger partial charge on any atom is -0.496 e. The molecule has 1 unspecified atom stereocenters. The van der Waals surface area contributed by atoms with Gasteiger partial charge in [-0.05, 0) is 42.7 Å². The van der Waals surface area contributed by atoms with Crippen LogP contribution < -0.4 is 4.74 Å². The zero-order valence-corrected chi connectivity index (χ0v) is 15.8. The Hall–Kier alpha value is -2.28. The van der Waals surface area contributed by atoms with E-state index in [4.69, 9.17) is 23.7 Å². The van der Waals surface area contributed by atoms with Crippen molar-refractivity contribution in [1.82, 2.24) is 0 Å². The molecule has 146 valence electrons. The van der Waals surface area contributed by atoms with Crippen LogP contribution in [0.3, 0.4) is 0 Å². The van der Waals surface area contributed by atoms with Crippen molar-refractivity contribution in [3.05, 3.63) is 59.1 Å². The van der Waals surface area contributed by atoms with Crippen molar-refractivity contribution in [3.63, 3.8) is 0 Å². The van der Waals surface area contributed by atoms with E-state index in [1.807, 2.05) is 31.2 Å². The summed E-state index contributed by atoms with van der Waals surface area (Å²) in [7, 11) is 1.59. The number of benzene rings is 1. The summed E-state index contributed by atoms with van der Waals surface area (Å²) in [6.45, 7) is 7.10. The van der Waals surface area contributed by atoms with Crippen molar-refractivity contribution >= 4 is 6.08 Å². The second-order valence-corrected chi connectivity index (χ2v) is 6.20. The number of rotatable bonds is 7. The van der Waals surface area contributed by atoms with Gasteiger partial charge < -0.3 is 28.8 Å². The Morgan fingerprint density at radius 2 is 1.93 bits per heavy atom. The van der Waals surface area contributed by atoms with Crippen LogP contribution in [0.2, 0.25) is 0 Å². The molecule has 1 N–H and O–H groups in total. The lowest BCUT2D eigenvalue weighted by atomic mass is 9.96. The van der Waals surface area contributed by atoms with Crippen LogP contribution in [-0.2, 0) is 18.9 Å². The van der Waals surface area contributed by atoms with E-state index in [2.05, 4.69) is 6.58 Å². The third-order valence-electron chi connectivity index (χ3n) is 4.48. The van der Waals surface area contributed by atoms with E-state index in [-0.39, 0.29) is 6.79 Å². The summed E-state index contributed by atoms with van der Waals surface area (Å²) in [5, 5.41) is 10.9. The van der Waals surface area contributed by atoms with Gasteiger partial charge in [0.2, 0.25) is 6.79 Å². The fourth-order valence-corrected chi connectivity index (χ4v) is 3.15. The Kier molecular flexibility index (Phi) is 6.55. The molecule has 0 aliphatic carbocycles. The zero-order chi connectivity index (χ0) is 19.2. The first kappa shape index (κ1) is 19.5. The lowest BCUT2D eigenvalue weighted by molar-refractivity contribution is -0.0460. The zero-order valence-electron chi connectivity index (χ0n) is 15.8. The topological polar surface area (TPSA) is 66.4 Å². The fourth-order valence-electron chi connectivity index (χ4n) is 3.15. The number of hydrogen-bond acceptors (Lipinski definition) is 6. The summed E-state index contributed by atoms with van der Waals surface area (Å²) in [6, 6.07) is 3.71. The van der Waals surface area contributed by atoms with Gasteiger partial charge in [-0.3, -0.25) is 0 Å². The highest BCUT2D eigenvalue weighted by Gasteiger charge is 2.26. The molecule has 0 radical (unpaired) electrons. The number of ether oxygens (including phenoxy) is 5. The van der Waals surface area contributed by atoms with Gasteiger partial charge in [0.15, 0.2) is 17.8 Å². The van der Waals surface area contributed by atoms with Gasteiger partial charge in [-0.25, -0.2) is 0 Å². The maximum absolute atomic E-state index is 10.9. The summed E-state index contributed by atoms with van der Waals surface area (Å²) >= 11 is 0. The molecule has 6 nitrogen and oxygen atoms in total. The van der Waals surface area contributed by atoms with E-state index < -0.39 is 12.4 Å². The molecule has 2 heterocycles. The van der Waals surface area contributed by atoms with Crippen molar-refractivity contribution in [3.8, 4) is 5.75 Å². The van der Waals surface area contributed by atoms with Gasteiger partial charge in [0.1, 0.15) is 5.75 Å². The highest BCUT2D eigenvalue weighted by molar-refractivity contribution is 5.59. The first-order valence-electron chi connectivity index (χ1n) is 9.09. The standard InChI is InChI=1S/C21H26O6/c1-4-6-18-19(27-13-26-18)8-7-17(22)15-12-20(23-3)14(5-2)11-16(15)21-24-9-10-25-21/h5-6,8,11-12,17,21-22H,2,4,7,9-10,13H2,1,3H3. The molecule has 2 aliphatic heterocycles. The molecule has 1 atom stereocenters. The number of allylic oxidation sites excluding steroid dienone is 1. The third kappa shape index (κ3) is 4.35. The van der Waals surface area contributed by atoms with Gasteiger partial charge in [-0.1, -0.05) is 19.6 Å². The first-order valence-corrected chi connectivity index (χ1v) is 9.09. The van der Waals surface area contributed by atoms with Crippen molar-refractivity contribution in [2.24, 2.45) is 0 Å². The smallest absolute Gasteiger partial charge is 0.231 e. The first-order chi connectivity index (χ1) is 13.2. The molecule has 6 heteroatoms. The molecule has 2 fully saturated rings. The molecule has 27 heavy (non-hydrogen) atoms. The highest BCUT2D eigenvalue weighted by atomic mass is 16.7. The summed E-state index contributed by atoms with van der Waals surface area (Å²) in [5.74, 6) is 2.01. The van der Waals surface area contributed by atoms with Gasteiger partial charge in [0.05, 0.1) is 26.4 Å². The molecule has 0 amide bonds. The molecule has 0 spiro atoms. The van der Waals surface area contributed by atoms with Gasteiger partial charge in [0.25, 0.3) is 0 Å². The molecular formula is C21H26O6. The highest BCUT2D eigenvalue weighted by Crippen LogP contribution is 2.37. The van der Waals surface area contributed by atoms with Crippen LogP contribution in [-0.4, -0.2) is 32.2 Å². The van der Waals surface area contributed by atoms with Crippen LogP contribution in [0.5, 0.6) is 5.75 Å². The Labute approximate surface area is 159 Å². The number of methoxy groups -OCH3 is 1. The molecule has 0 saturated carbocycles. The van der Waals surface area contributed by atoms with Gasteiger partial charge in [0, 0.05) is 11.1 Å². The largest absolute Gasteiger partial charge is 0.496 e. The Balaban J connectivity index is 1.89. The van der Waals surface area contributed by atoms with Crippen LogP contribution >= 0.6 is 0 Å². The molecule has 0 aromatic heterocycles. The van der Waals surface area contributed by atoms with E-state index in [9.17, 15) is 5.11 Å². The summed E-state index contributed by atoms with van der Waals surface area (Å²) in [5.41, 5.74) is 2.30. The van der Waals surface area contributed by atoms with Crippen molar-refractivity contribution in [2.45, 2.75) is 32.2 Å². The summed E-state index contributed by atoms with van der Waals surface area (Å²) in [6.07, 6.45) is 5.43. The number of hydrogen-bond donors (Lipinski definition) is 1. The molecule has 2 saturated heterocycles. The van der Waals surface area contributed by atoms with E-state index in [0.29, 0.717) is 42.5 Å². The average molecular weight is 374 g/mol. The molecule has 0 bridgehead atoms. The monoisotopic (exact) mass is 374 g/mol. The van der Waals surface area contributed by atoms with Crippen LogP contribution in [0.25, 0.3) is 6.08 Å². The van der Waals surface area contributed by atoms with Crippen molar-refractivity contribution in [2.75, 3.05) is 27.1 Å². The predicted molar refractivity (Wildman–Crippen MR) is 101 cm³/mol. The molecule has 3 rings (SSSR count). The van der Waals surface area contributed by atoms with E-state index in [1.54, 1.807) is 13.2 Å². The summed E-state index contributed by atoms with van der Waals surface area (Å²) in [4.78, 5) is 0. The Bertz CT molecular complexity index is 730.